The van der Waals surface area contributed by atoms with Crippen molar-refractivity contribution in [2.45, 2.75) is 44.6 Å². The molecule has 1 aromatic carbocycles. The normalized spacial score (nSPS) is 21.6. The van der Waals surface area contributed by atoms with Crippen molar-refractivity contribution < 1.29 is 23.8 Å². The van der Waals surface area contributed by atoms with E-state index in [1.54, 1.807) is 18.2 Å². The summed E-state index contributed by atoms with van der Waals surface area (Å²) in [5, 5.41) is 0.377. The summed E-state index contributed by atoms with van der Waals surface area (Å²) >= 11 is 6.17. The van der Waals surface area contributed by atoms with Crippen LogP contribution < -0.4 is 9.47 Å². The highest BCUT2D eigenvalue weighted by Crippen LogP contribution is 2.37. The van der Waals surface area contributed by atoms with Crippen LogP contribution in [0.15, 0.2) is 18.2 Å². The van der Waals surface area contributed by atoms with Crippen molar-refractivity contribution in [1.29, 1.82) is 0 Å². The smallest absolute Gasteiger partial charge is 0.331 e. The fourth-order valence-corrected chi connectivity index (χ4v) is 4.69. The van der Waals surface area contributed by atoms with Crippen molar-refractivity contribution in [2.75, 3.05) is 27.4 Å². The number of rotatable bonds is 6. The highest BCUT2D eigenvalue weighted by Gasteiger charge is 2.35. The molecule has 0 unspecified atom stereocenters. The number of likely N-dealkylation sites (tertiary alicyclic amines) is 1. The van der Waals surface area contributed by atoms with Crippen molar-refractivity contribution in [3.8, 4) is 11.5 Å². The van der Waals surface area contributed by atoms with Crippen LogP contribution in [-0.2, 0) is 14.3 Å². The molecule has 7 heteroatoms. The molecule has 2 fully saturated rings. The Labute approximate surface area is 176 Å². The van der Waals surface area contributed by atoms with Crippen LogP contribution in [0.4, 0.5) is 0 Å². The number of methoxy groups -OCH3 is 2. The molecular weight excluding hydrogens is 394 g/mol. The molecule has 1 saturated heterocycles. The second kappa shape index (κ2) is 10.0. The minimum atomic E-state index is -0.568. The van der Waals surface area contributed by atoms with Gasteiger partial charge in [0.25, 0.3) is 5.91 Å². The van der Waals surface area contributed by atoms with Crippen molar-refractivity contribution in [3.63, 3.8) is 0 Å². The van der Waals surface area contributed by atoms with E-state index in [1.165, 1.54) is 46.0 Å². The maximum Gasteiger partial charge on any atom is 0.331 e. The first-order valence-electron chi connectivity index (χ1n) is 10.1. The van der Waals surface area contributed by atoms with Crippen molar-refractivity contribution in [2.24, 2.45) is 5.92 Å². The number of nitrogens with zero attached hydrogens (tertiary/aromatic N) is 1. The zero-order valence-corrected chi connectivity index (χ0v) is 17.7. The average Bonchev–Trinajstić information content (AvgIpc) is 2.75. The highest BCUT2D eigenvalue weighted by atomic mass is 35.5. The summed E-state index contributed by atoms with van der Waals surface area (Å²) in [4.78, 5) is 26.6. The van der Waals surface area contributed by atoms with Gasteiger partial charge in [-0.15, -0.1) is 0 Å². The number of fused-ring (bicyclic) bond motifs is 1. The molecular formula is C22H28ClNO5. The molecule has 1 aliphatic carbocycles. The molecule has 0 aromatic heterocycles. The van der Waals surface area contributed by atoms with Crippen molar-refractivity contribution in [1.82, 2.24) is 4.90 Å². The SMILES string of the molecule is COc1cc(/C=C/C(=O)OCC(=O)N2CCC[C@@H]3CCCC[C@@H]32)cc(Cl)c1OC. The highest BCUT2D eigenvalue weighted by molar-refractivity contribution is 6.32. The lowest BCUT2D eigenvalue weighted by Gasteiger charge is -2.44. The summed E-state index contributed by atoms with van der Waals surface area (Å²) < 4.78 is 15.6. The van der Waals surface area contributed by atoms with Gasteiger partial charge in [-0.3, -0.25) is 4.79 Å². The zero-order valence-electron chi connectivity index (χ0n) is 17.0. The van der Waals surface area contributed by atoms with E-state index in [2.05, 4.69) is 0 Å². The van der Waals surface area contributed by atoms with E-state index in [4.69, 9.17) is 25.8 Å². The van der Waals surface area contributed by atoms with Crippen LogP contribution in [0.5, 0.6) is 11.5 Å². The molecule has 0 radical (unpaired) electrons. The Morgan fingerprint density at radius 1 is 1.14 bits per heavy atom. The Balaban J connectivity index is 1.55. The molecule has 1 heterocycles. The molecule has 1 amide bonds. The number of hydrogen-bond acceptors (Lipinski definition) is 5. The number of ether oxygens (including phenoxy) is 3. The average molecular weight is 422 g/mol. The summed E-state index contributed by atoms with van der Waals surface area (Å²) in [6.45, 7) is 0.538. The summed E-state index contributed by atoms with van der Waals surface area (Å²) in [5.41, 5.74) is 0.664. The van der Waals surface area contributed by atoms with Gasteiger partial charge in [0.1, 0.15) is 0 Å². The first-order chi connectivity index (χ1) is 14.0. The van der Waals surface area contributed by atoms with Crippen LogP contribution in [0.1, 0.15) is 44.1 Å². The number of benzene rings is 1. The summed E-state index contributed by atoms with van der Waals surface area (Å²) in [7, 11) is 3.02. The first kappa shape index (κ1) is 21.5. The second-order valence-corrected chi connectivity index (χ2v) is 7.93. The Morgan fingerprint density at radius 2 is 1.90 bits per heavy atom. The predicted molar refractivity (Wildman–Crippen MR) is 111 cm³/mol. The molecule has 29 heavy (non-hydrogen) atoms. The van der Waals surface area contributed by atoms with Crippen LogP contribution in [0.3, 0.4) is 0 Å². The monoisotopic (exact) mass is 421 g/mol. The van der Waals surface area contributed by atoms with E-state index in [1.807, 2.05) is 4.90 Å². The molecule has 6 nitrogen and oxygen atoms in total. The van der Waals surface area contributed by atoms with Gasteiger partial charge in [0.05, 0.1) is 19.2 Å². The number of amides is 1. The largest absolute Gasteiger partial charge is 0.493 e. The Bertz CT molecular complexity index is 777. The van der Waals surface area contributed by atoms with E-state index in [-0.39, 0.29) is 12.5 Å². The number of halogens is 1. The lowest BCUT2D eigenvalue weighted by Crippen LogP contribution is -2.50. The maximum atomic E-state index is 12.6. The second-order valence-electron chi connectivity index (χ2n) is 7.52. The number of carbonyl (C=O) groups excluding carboxylic acids is 2. The van der Waals surface area contributed by atoms with Crippen LogP contribution in [0.2, 0.25) is 5.02 Å². The van der Waals surface area contributed by atoms with E-state index in [0.29, 0.717) is 34.0 Å². The number of carbonyl (C=O) groups is 2. The summed E-state index contributed by atoms with van der Waals surface area (Å²) in [6.07, 6.45) is 9.76. The van der Waals surface area contributed by atoms with Crippen molar-refractivity contribution >= 4 is 29.6 Å². The van der Waals surface area contributed by atoms with Gasteiger partial charge >= 0.3 is 5.97 Å². The molecule has 0 N–H and O–H groups in total. The lowest BCUT2D eigenvalue weighted by atomic mass is 9.78. The lowest BCUT2D eigenvalue weighted by molar-refractivity contribution is -0.151. The zero-order chi connectivity index (χ0) is 20.8. The van der Waals surface area contributed by atoms with Crippen LogP contribution in [0.25, 0.3) is 6.08 Å². The number of hydrogen-bond donors (Lipinski definition) is 0. The fraction of sp³-hybridized carbons (Fsp3) is 0.545. The minimum absolute atomic E-state index is 0.0995. The van der Waals surface area contributed by atoms with Crippen LogP contribution >= 0.6 is 11.6 Å². The maximum absolute atomic E-state index is 12.6. The Kier molecular flexibility index (Phi) is 7.42. The predicted octanol–water partition coefficient (Wildman–Crippen LogP) is 4.09. The molecule has 2 atom stereocenters. The van der Waals surface area contributed by atoms with Gasteiger partial charge in [-0.2, -0.15) is 0 Å². The third-order valence-corrected chi connectivity index (χ3v) is 6.05. The van der Waals surface area contributed by atoms with Gasteiger partial charge in [-0.05, 0) is 55.4 Å². The van der Waals surface area contributed by atoms with Crippen LogP contribution in [0, 0.1) is 5.92 Å². The van der Waals surface area contributed by atoms with Gasteiger partial charge in [-0.25, -0.2) is 4.79 Å². The minimum Gasteiger partial charge on any atom is -0.493 e. The molecule has 158 valence electrons. The van der Waals surface area contributed by atoms with Gasteiger partial charge in [0.2, 0.25) is 0 Å². The van der Waals surface area contributed by atoms with Gasteiger partial charge in [0, 0.05) is 18.7 Å². The molecule has 0 spiro atoms. The van der Waals surface area contributed by atoms with Gasteiger partial charge in [0.15, 0.2) is 18.1 Å². The van der Waals surface area contributed by atoms with Gasteiger partial charge < -0.3 is 19.1 Å². The molecule has 1 aliphatic heterocycles. The Morgan fingerprint density at radius 3 is 2.66 bits per heavy atom. The molecule has 2 aliphatic rings. The molecule has 0 bridgehead atoms. The van der Waals surface area contributed by atoms with Crippen LogP contribution in [-0.4, -0.2) is 50.2 Å². The van der Waals surface area contributed by atoms with Crippen molar-refractivity contribution in [3.05, 3.63) is 28.8 Å². The molecule has 3 rings (SSSR count). The molecule has 1 saturated carbocycles. The van der Waals surface area contributed by atoms with E-state index < -0.39 is 5.97 Å². The van der Waals surface area contributed by atoms with E-state index in [0.717, 1.165) is 19.4 Å². The van der Waals surface area contributed by atoms with Gasteiger partial charge in [-0.1, -0.05) is 24.4 Å². The Hall–Kier alpha value is -2.21. The molecule has 1 aromatic rings. The number of piperidine rings is 1. The van der Waals surface area contributed by atoms with E-state index in [9.17, 15) is 9.59 Å². The third kappa shape index (κ3) is 5.24. The number of esters is 1. The first-order valence-corrected chi connectivity index (χ1v) is 10.5. The summed E-state index contributed by atoms with van der Waals surface area (Å²) in [5.74, 6) is 0.836. The van der Waals surface area contributed by atoms with E-state index >= 15 is 0 Å². The topological polar surface area (TPSA) is 65.1 Å². The third-order valence-electron chi connectivity index (χ3n) is 5.77. The fourth-order valence-electron chi connectivity index (χ4n) is 4.40. The quantitative estimate of drug-likeness (QED) is 0.511. The summed E-state index contributed by atoms with van der Waals surface area (Å²) in [6, 6.07) is 3.68. The standard InChI is InChI=1S/C22H28ClNO5/c1-27-19-13-15(12-17(23)22(19)28-2)9-10-21(26)29-14-20(25)24-11-5-7-16-6-3-4-8-18(16)24/h9-10,12-13,16,18H,3-8,11,14H2,1-2H3/b10-9+/t16-,18-/m0/s1.